The van der Waals surface area contributed by atoms with Gasteiger partial charge in [-0.05, 0) is 41.2 Å². The van der Waals surface area contributed by atoms with Gasteiger partial charge in [-0.3, -0.25) is 4.55 Å². The van der Waals surface area contributed by atoms with Gasteiger partial charge in [0.05, 0.1) is 18.1 Å². The Labute approximate surface area is 137 Å². The van der Waals surface area contributed by atoms with Gasteiger partial charge in [-0.25, -0.2) is 0 Å². The van der Waals surface area contributed by atoms with Crippen LogP contribution in [0.15, 0.2) is 53.4 Å². The molecule has 0 radical (unpaired) electrons. The number of ether oxygens (including phenoxy) is 1. The van der Waals surface area contributed by atoms with E-state index >= 15 is 0 Å². The normalized spacial score (nSPS) is 13.0. The highest BCUT2D eigenvalue weighted by Gasteiger charge is 2.08. The second kappa shape index (κ2) is 7.73. The molecule has 5 heteroatoms. The van der Waals surface area contributed by atoms with E-state index in [9.17, 15) is 8.42 Å². The first-order valence-corrected chi connectivity index (χ1v) is 9.07. The second-order valence-electron chi connectivity index (χ2n) is 5.67. The van der Waals surface area contributed by atoms with E-state index in [0.717, 1.165) is 17.5 Å². The molecule has 124 valence electrons. The standard InChI is InChI=1S/C18H22O4S/c1-3-14(2)17-6-4-5-16(11-17)13-22-12-15-7-9-18(10-8-15)23(19,20)21/h4-11,14H,3,12-13H2,1-2H3,(H,19,20,21). The van der Waals surface area contributed by atoms with Gasteiger partial charge in [0.1, 0.15) is 0 Å². The molecule has 0 amide bonds. The molecule has 2 rings (SSSR count). The molecule has 0 saturated carbocycles. The monoisotopic (exact) mass is 334 g/mol. The van der Waals surface area contributed by atoms with Crippen LogP contribution in [0.5, 0.6) is 0 Å². The van der Waals surface area contributed by atoms with E-state index in [1.165, 1.54) is 17.7 Å². The summed E-state index contributed by atoms with van der Waals surface area (Å²) in [7, 11) is -4.14. The SMILES string of the molecule is CCC(C)c1cccc(COCc2ccc(S(=O)(=O)O)cc2)c1. The van der Waals surface area contributed by atoms with Gasteiger partial charge in [0.2, 0.25) is 0 Å². The van der Waals surface area contributed by atoms with E-state index in [4.69, 9.17) is 9.29 Å². The Balaban J connectivity index is 1.92. The largest absolute Gasteiger partial charge is 0.372 e. The molecule has 0 heterocycles. The van der Waals surface area contributed by atoms with Crippen LogP contribution in [0, 0.1) is 0 Å². The maximum atomic E-state index is 11.0. The summed E-state index contributed by atoms with van der Waals surface area (Å²) in [5.74, 6) is 0.530. The minimum absolute atomic E-state index is 0.109. The maximum absolute atomic E-state index is 11.0. The molecule has 2 aromatic rings. The van der Waals surface area contributed by atoms with Gasteiger partial charge in [-0.2, -0.15) is 8.42 Å². The molecular weight excluding hydrogens is 312 g/mol. The van der Waals surface area contributed by atoms with Crippen LogP contribution < -0.4 is 0 Å². The van der Waals surface area contributed by atoms with Gasteiger partial charge in [0, 0.05) is 0 Å². The first-order chi connectivity index (χ1) is 10.9. The molecule has 0 aliphatic carbocycles. The van der Waals surface area contributed by atoms with Crippen molar-refractivity contribution in [1.29, 1.82) is 0 Å². The topological polar surface area (TPSA) is 63.6 Å². The molecule has 0 saturated heterocycles. The van der Waals surface area contributed by atoms with Gasteiger partial charge in [0.15, 0.2) is 0 Å². The molecule has 0 fully saturated rings. The van der Waals surface area contributed by atoms with Gasteiger partial charge in [0.25, 0.3) is 10.1 Å². The van der Waals surface area contributed by atoms with Gasteiger partial charge in [-0.1, -0.05) is 50.2 Å². The lowest BCUT2D eigenvalue weighted by Crippen LogP contribution is -1.99. The van der Waals surface area contributed by atoms with Crippen LogP contribution in [0.2, 0.25) is 0 Å². The Morgan fingerprint density at radius 1 is 1.04 bits per heavy atom. The van der Waals surface area contributed by atoms with Gasteiger partial charge < -0.3 is 4.74 Å². The van der Waals surface area contributed by atoms with E-state index < -0.39 is 10.1 Å². The van der Waals surface area contributed by atoms with Crippen molar-refractivity contribution in [1.82, 2.24) is 0 Å². The molecule has 0 bridgehead atoms. The van der Waals surface area contributed by atoms with E-state index in [-0.39, 0.29) is 4.90 Å². The van der Waals surface area contributed by atoms with Crippen molar-refractivity contribution in [2.24, 2.45) is 0 Å². The molecule has 1 N–H and O–H groups in total. The Morgan fingerprint density at radius 2 is 1.70 bits per heavy atom. The summed E-state index contributed by atoms with van der Waals surface area (Å²) in [6, 6.07) is 14.4. The Morgan fingerprint density at radius 3 is 2.30 bits per heavy atom. The fraction of sp³-hybridized carbons (Fsp3) is 0.333. The summed E-state index contributed by atoms with van der Waals surface area (Å²) >= 11 is 0. The predicted octanol–water partition coefficient (Wildman–Crippen LogP) is 4.16. The molecule has 0 aliphatic rings. The van der Waals surface area contributed by atoms with E-state index in [1.54, 1.807) is 12.1 Å². The Hall–Kier alpha value is -1.69. The van der Waals surface area contributed by atoms with Crippen molar-refractivity contribution < 1.29 is 17.7 Å². The van der Waals surface area contributed by atoms with Crippen LogP contribution in [0.25, 0.3) is 0 Å². The number of hydrogen-bond donors (Lipinski definition) is 1. The number of hydrogen-bond acceptors (Lipinski definition) is 3. The van der Waals surface area contributed by atoms with Crippen LogP contribution >= 0.6 is 0 Å². The molecule has 1 unspecified atom stereocenters. The van der Waals surface area contributed by atoms with Crippen molar-refractivity contribution in [3.05, 3.63) is 65.2 Å². The van der Waals surface area contributed by atoms with Crippen molar-refractivity contribution in [3.63, 3.8) is 0 Å². The third kappa shape index (κ3) is 5.16. The molecule has 4 nitrogen and oxygen atoms in total. The smallest absolute Gasteiger partial charge is 0.294 e. The fourth-order valence-corrected chi connectivity index (χ4v) is 2.75. The Kier molecular flexibility index (Phi) is 5.93. The first-order valence-electron chi connectivity index (χ1n) is 7.63. The summed E-state index contributed by atoms with van der Waals surface area (Å²) < 4.78 is 36.6. The maximum Gasteiger partial charge on any atom is 0.294 e. The molecular formula is C18H22O4S. The summed E-state index contributed by atoms with van der Waals surface area (Å²) in [6.45, 7) is 5.27. The lowest BCUT2D eigenvalue weighted by Gasteiger charge is -2.11. The zero-order valence-electron chi connectivity index (χ0n) is 13.4. The highest BCUT2D eigenvalue weighted by atomic mass is 32.2. The number of rotatable bonds is 7. The summed E-state index contributed by atoms with van der Waals surface area (Å²) in [5, 5.41) is 0. The second-order valence-corrected chi connectivity index (χ2v) is 7.09. The average Bonchev–Trinajstić information content (AvgIpc) is 2.54. The van der Waals surface area contributed by atoms with Crippen LogP contribution in [0.3, 0.4) is 0 Å². The third-order valence-electron chi connectivity index (χ3n) is 3.89. The minimum atomic E-state index is -4.14. The average molecular weight is 334 g/mol. The van der Waals surface area contributed by atoms with Crippen molar-refractivity contribution in [2.45, 2.75) is 44.3 Å². The van der Waals surface area contributed by atoms with Crippen LogP contribution in [0.4, 0.5) is 0 Å². The van der Waals surface area contributed by atoms with Crippen LogP contribution in [-0.4, -0.2) is 13.0 Å². The zero-order chi connectivity index (χ0) is 16.9. The minimum Gasteiger partial charge on any atom is -0.372 e. The molecule has 1 atom stereocenters. The van der Waals surface area contributed by atoms with Crippen molar-refractivity contribution in [3.8, 4) is 0 Å². The molecule has 0 aromatic heterocycles. The highest BCUT2D eigenvalue weighted by molar-refractivity contribution is 7.85. The van der Waals surface area contributed by atoms with Crippen LogP contribution in [0.1, 0.15) is 42.9 Å². The third-order valence-corrected chi connectivity index (χ3v) is 4.76. The highest BCUT2D eigenvalue weighted by Crippen LogP contribution is 2.20. The first kappa shape index (κ1) is 17.7. The molecule has 23 heavy (non-hydrogen) atoms. The van der Waals surface area contributed by atoms with Gasteiger partial charge >= 0.3 is 0 Å². The van der Waals surface area contributed by atoms with Crippen LogP contribution in [-0.2, 0) is 28.1 Å². The van der Waals surface area contributed by atoms with E-state index in [1.807, 2.05) is 12.1 Å². The number of benzene rings is 2. The summed E-state index contributed by atoms with van der Waals surface area (Å²) in [5.41, 5.74) is 3.29. The predicted molar refractivity (Wildman–Crippen MR) is 89.9 cm³/mol. The lowest BCUT2D eigenvalue weighted by atomic mass is 9.97. The van der Waals surface area contributed by atoms with Crippen molar-refractivity contribution >= 4 is 10.1 Å². The quantitative estimate of drug-likeness (QED) is 0.772. The fourth-order valence-electron chi connectivity index (χ4n) is 2.27. The lowest BCUT2D eigenvalue weighted by molar-refractivity contribution is 0.107. The molecule has 0 spiro atoms. The van der Waals surface area contributed by atoms with Gasteiger partial charge in [-0.15, -0.1) is 0 Å². The summed E-state index contributed by atoms with van der Waals surface area (Å²) in [4.78, 5) is -0.109. The van der Waals surface area contributed by atoms with Crippen molar-refractivity contribution in [2.75, 3.05) is 0 Å². The Bertz CT molecular complexity index is 736. The molecule has 2 aromatic carbocycles. The molecule has 0 aliphatic heterocycles. The van der Waals surface area contributed by atoms with E-state index in [0.29, 0.717) is 19.1 Å². The summed E-state index contributed by atoms with van der Waals surface area (Å²) in [6.07, 6.45) is 1.10. The zero-order valence-corrected chi connectivity index (χ0v) is 14.2. The van der Waals surface area contributed by atoms with E-state index in [2.05, 4.69) is 26.0 Å².